The first kappa shape index (κ1) is 24.0. The molecule has 8 heteroatoms. The highest BCUT2D eigenvalue weighted by atomic mass is 16.1. The van der Waals surface area contributed by atoms with E-state index in [2.05, 4.69) is 86.0 Å². The van der Waals surface area contributed by atoms with Crippen molar-refractivity contribution in [3.05, 3.63) is 83.7 Å². The normalized spacial score (nSPS) is 15.6. The number of unbranched alkanes of at least 4 members (excludes halogenated alkanes) is 1. The first-order valence-corrected chi connectivity index (χ1v) is 13.4. The van der Waals surface area contributed by atoms with Gasteiger partial charge >= 0.3 is 0 Å². The van der Waals surface area contributed by atoms with E-state index in [0.717, 1.165) is 77.8 Å². The number of rotatable bonds is 8. The van der Waals surface area contributed by atoms with Crippen LogP contribution in [0.2, 0.25) is 0 Å². The molecule has 6 rings (SSSR count). The summed E-state index contributed by atoms with van der Waals surface area (Å²) < 4.78 is 2.35. The Balaban J connectivity index is 1.32. The van der Waals surface area contributed by atoms with Crippen molar-refractivity contribution >= 4 is 16.9 Å². The highest BCUT2D eigenvalue weighted by molar-refractivity contribution is 5.81. The van der Waals surface area contributed by atoms with Crippen molar-refractivity contribution in [1.29, 1.82) is 0 Å². The van der Waals surface area contributed by atoms with Gasteiger partial charge in [-0.3, -0.25) is 4.79 Å². The molecule has 1 aliphatic heterocycles. The third-order valence-corrected chi connectivity index (χ3v) is 7.36. The average Bonchev–Trinajstić information content (AvgIpc) is 3.61. The van der Waals surface area contributed by atoms with Crippen molar-refractivity contribution in [1.82, 2.24) is 35.5 Å². The molecule has 1 atom stereocenters. The zero-order chi connectivity index (χ0) is 25.9. The number of hydrogen-bond donors (Lipinski definition) is 2. The number of nitrogens with zero attached hydrogens (tertiary/aromatic N) is 5. The van der Waals surface area contributed by atoms with Crippen molar-refractivity contribution in [3.8, 4) is 22.5 Å². The molecule has 1 amide bonds. The van der Waals surface area contributed by atoms with E-state index in [1.165, 1.54) is 5.56 Å². The standard InChI is InChI=1S/C30H31N7O/c1-2-3-10-28-31-26-17-16-22(25-9-6-11-29(38)32-25)18-27(26)37(28)19-20-12-14-21(15-13-20)23-7-4-5-8-24(23)30-33-35-36-34-30/h4-5,7-8,12-18,25H,2-3,6,9-11,19H2,1H3,(H,32,38)(H,33,34,35,36). The summed E-state index contributed by atoms with van der Waals surface area (Å²) in [5.41, 5.74) is 7.61. The number of tetrazole rings is 1. The number of aromatic amines is 1. The topological polar surface area (TPSA) is 101 Å². The summed E-state index contributed by atoms with van der Waals surface area (Å²) in [5, 5.41) is 17.8. The molecular formula is C30H31N7O. The van der Waals surface area contributed by atoms with Gasteiger partial charge in [0.25, 0.3) is 0 Å². The number of imidazole rings is 1. The lowest BCUT2D eigenvalue weighted by atomic mass is 9.97. The second-order valence-corrected chi connectivity index (χ2v) is 9.96. The molecule has 38 heavy (non-hydrogen) atoms. The van der Waals surface area contributed by atoms with Crippen molar-refractivity contribution in [2.45, 2.75) is 58.0 Å². The van der Waals surface area contributed by atoms with Crippen LogP contribution < -0.4 is 5.32 Å². The Hall–Kier alpha value is -4.33. The first-order chi connectivity index (χ1) is 18.7. The molecule has 1 unspecified atom stereocenters. The second-order valence-electron chi connectivity index (χ2n) is 9.96. The van der Waals surface area contributed by atoms with Crippen LogP contribution in [0.25, 0.3) is 33.5 Å². The minimum absolute atomic E-state index is 0.0710. The largest absolute Gasteiger partial charge is 0.349 e. The van der Waals surface area contributed by atoms with E-state index in [1.54, 1.807) is 0 Å². The number of aromatic nitrogens is 6. The molecular weight excluding hydrogens is 474 g/mol. The zero-order valence-electron chi connectivity index (χ0n) is 21.5. The van der Waals surface area contributed by atoms with Gasteiger partial charge in [-0.1, -0.05) is 67.9 Å². The fourth-order valence-corrected chi connectivity index (χ4v) is 5.34. The Morgan fingerprint density at radius 2 is 1.87 bits per heavy atom. The van der Waals surface area contributed by atoms with Gasteiger partial charge in [-0.15, -0.1) is 10.2 Å². The van der Waals surface area contributed by atoms with Gasteiger partial charge in [-0.25, -0.2) is 4.98 Å². The number of fused-ring (bicyclic) bond motifs is 1. The molecule has 0 radical (unpaired) electrons. The highest BCUT2D eigenvalue weighted by Gasteiger charge is 2.21. The van der Waals surface area contributed by atoms with Crippen LogP contribution in [0.5, 0.6) is 0 Å². The molecule has 1 fully saturated rings. The minimum Gasteiger partial charge on any atom is -0.349 e. The third-order valence-electron chi connectivity index (χ3n) is 7.36. The molecule has 2 aromatic heterocycles. The Morgan fingerprint density at radius 3 is 2.63 bits per heavy atom. The number of H-pyrrole nitrogens is 1. The Labute approximate surface area is 221 Å². The number of benzene rings is 3. The Kier molecular flexibility index (Phi) is 6.69. The monoisotopic (exact) mass is 505 g/mol. The molecule has 8 nitrogen and oxygen atoms in total. The van der Waals surface area contributed by atoms with Crippen molar-refractivity contribution in [2.24, 2.45) is 0 Å². The summed E-state index contributed by atoms with van der Waals surface area (Å²) in [6.45, 7) is 2.95. The number of aryl methyl sites for hydroxylation is 1. The highest BCUT2D eigenvalue weighted by Crippen LogP contribution is 2.31. The van der Waals surface area contributed by atoms with E-state index >= 15 is 0 Å². The molecule has 0 aliphatic carbocycles. The van der Waals surface area contributed by atoms with E-state index < -0.39 is 0 Å². The van der Waals surface area contributed by atoms with E-state index in [0.29, 0.717) is 12.2 Å². The summed E-state index contributed by atoms with van der Waals surface area (Å²) in [7, 11) is 0. The molecule has 1 saturated heterocycles. The maximum absolute atomic E-state index is 12.0. The maximum atomic E-state index is 12.0. The van der Waals surface area contributed by atoms with Gasteiger partial charge in [0.15, 0.2) is 0 Å². The van der Waals surface area contributed by atoms with Crippen LogP contribution in [0.1, 0.15) is 62.0 Å². The molecule has 3 heterocycles. The summed E-state index contributed by atoms with van der Waals surface area (Å²) in [6, 6.07) is 23.3. The first-order valence-electron chi connectivity index (χ1n) is 13.4. The molecule has 192 valence electrons. The molecule has 0 bridgehead atoms. The summed E-state index contributed by atoms with van der Waals surface area (Å²) in [6.07, 6.45) is 5.68. The number of carbonyl (C=O) groups excluding carboxylic acids is 1. The summed E-state index contributed by atoms with van der Waals surface area (Å²) in [5.74, 6) is 1.83. The third kappa shape index (κ3) is 4.81. The van der Waals surface area contributed by atoms with E-state index in [-0.39, 0.29) is 11.9 Å². The molecule has 2 N–H and O–H groups in total. The molecule has 0 spiro atoms. The van der Waals surface area contributed by atoms with Crippen LogP contribution in [0.4, 0.5) is 0 Å². The fraction of sp³-hybridized carbons (Fsp3) is 0.300. The van der Waals surface area contributed by atoms with Gasteiger partial charge in [0.2, 0.25) is 11.7 Å². The zero-order valence-corrected chi connectivity index (χ0v) is 21.5. The smallest absolute Gasteiger partial charge is 0.220 e. The predicted molar refractivity (Wildman–Crippen MR) is 147 cm³/mol. The lowest BCUT2D eigenvalue weighted by Gasteiger charge is -2.23. The number of nitrogens with one attached hydrogen (secondary N) is 2. The summed E-state index contributed by atoms with van der Waals surface area (Å²) in [4.78, 5) is 17.0. The number of hydrogen-bond acceptors (Lipinski definition) is 5. The van der Waals surface area contributed by atoms with Crippen LogP contribution in [0.3, 0.4) is 0 Å². The maximum Gasteiger partial charge on any atom is 0.220 e. The SMILES string of the molecule is CCCCc1nc2ccc(C3CCCC(=O)N3)cc2n1Cc1ccc(-c2ccccc2-c2nn[nH]n2)cc1. The summed E-state index contributed by atoms with van der Waals surface area (Å²) >= 11 is 0. The quantitative estimate of drug-likeness (QED) is 0.285. The molecule has 0 saturated carbocycles. The average molecular weight is 506 g/mol. The fourth-order valence-electron chi connectivity index (χ4n) is 5.34. The van der Waals surface area contributed by atoms with Gasteiger partial charge in [-0.2, -0.15) is 5.21 Å². The van der Waals surface area contributed by atoms with Crippen LogP contribution in [0.15, 0.2) is 66.7 Å². The predicted octanol–water partition coefficient (Wildman–Crippen LogP) is 5.62. The Morgan fingerprint density at radius 1 is 1.03 bits per heavy atom. The van der Waals surface area contributed by atoms with Gasteiger partial charge in [0.05, 0.1) is 17.1 Å². The second kappa shape index (κ2) is 10.6. The number of piperidine rings is 1. The van der Waals surface area contributed by atoms with E-state index in [1.807, 2.05) is 18.2 Å². The number of carbonyl (C=O) groups is 1. The van der Waals surface area contributed by atoms with Crippen molar-refractivity contribution in [2.75, 3.05) is 0 Å². The van der Waals surface area contributed by atoms with E-state index in [4.69, 9.17) is 4.98 Å². The van der Waals surface area contributed by atoms with Gasteiger partial charge < -0.3 is 9.88 Å². The minimum atomic E-state index is 0.0710. The van der Waals surface area contributed by atoms with Gasteiger partial charge in [0.1, 0.15) is 5.82 Å². The Bertz CT molecular complexity index is 1550. The lowest BCUT2D eigenvalue weighted by Crippen LogP contribution is -2.32. The van der Waals surface area contributed by atoms with E-state index in [9.17, 15) is 4.79 Å². The van der Waals surface area contributed by atoms with Crippen LogP contribution in [-0.4, -0.2) is 36.1 Å². The number of amides is 1. The van der Waals surface area contributed by atoms with Crippen LogP contribution in [0, 0.1) is 0 Å². The van der Waals surface area contributed by atoms with Crippen molar-refractivity contribution < 1.29 is 4.79 Å². The van der Waals surface area contributed by atoms with Crippen LogP contribution in [-0.2, 0) is 17.8 Å². The van der Waals surface area contributed by atoms with Gasteiger partial charge in [-0.05, 0) is 58.9 Å². The van der Waals surface area contributed by atoms with Gasteiger partial charge in [0, 0.05) is 24.9 Å². The van der Waals surface area contributed by atoms with Crippen LogP contribution >= 0.6 is 0 Å². The molecule has 5 aromatic rings. The van der Waals surface area contributed by atoms with Crippen molar-refractivity contribution in [3.63, 3.8) is 0 Å². The molecule has 3 aromatic carbocycles. The molecule has 1 aliphatic rings. The lowest BCUT2D eigenvalue weighted by molar-refractivity contribution is -0.123.